The molecule has 0 spiro atoms. The predicted octanol–water partition coefficient (Wildman–Crippen LogP) is 1.68. The molecule has 84 valence electrons. The summed E-state index contributed by atoms with van der Waals surface area (Å²) in [6.45, 7) is 0.776. The Morgan fingerprint density at radius 3 is 3.12 bits per heavy atom. The van der Waals surface area contributed by atoms with Gasteiger partial charge in [0, 0.05) is 12.8 Å². The highest BCUT2D eigenvalue weighted by atomic mass is 16.5. The van der Waals surface area contributed by atoms with Gasteiger partial charge >= 0.3 is 0 Å². The molecule has 0 bridgehead atoms. The minimum absolute atomic E-state index is 0.00514. The van der Waals surface area contributed by atoms with E-state index >= 15 is 0 Å². The van der Waals surface area contributed by atoms with E-state index in [-0.39, 0.29) is 11.9 Å². The van der Waals surface area contributed by atoms with Crippen LogP contribution in [-0.4, -0.2) is 26.3 Å². The highest BCUT2D eigenvalue weighted by Gasteiger charge is 2.21. The van der Waals surface area contributed by atoms with E-state index in [2.05, 4.69) is 10.2 Å². The largest absolute Gasteiger partial charge is 0.504 e. The Balaban J connectivity index is 2.06. The Hall–Kier alpha value is -1.62. The number of hydrogen-bond acceptors (Lipinski definition) is 4. The third-order valence-corrected chi connectivity index (χ3v) is 2.91. The molecule has 0 saturated carbocycles. The smallest absolute Gasteiger partial charge is 0.203 e. The first-order chi connectivity index (χ1) is 7.86. The fourth-order valence-electron chi connectivity index (χ4n) is 2.08. The average molecular weight is 219 g/mol. The minimum Gasteiger partial charge on any atom is -0.504 e. The van der Waals surface area contributed by atoms with Gasteiger partial charge in [-0.2, -0.15) is 0 Å². The third kappa shape index (κ3) is 1.44. The monoisotopic (exact) mass is 219 g/mol. The number of hydrogen-bond donors (Lipinski definition) is 1. The zero-order valence-electron chi connectivity index (χ0n) is 8.83. The van der Waals surface area contributed by atoms with E-state index in [1.165, 1.54) is 0 Å². The van der Waals surface area contributed by atoms with Crippen molar-refractivity contribution in [2.75, 3.05) is 6.61 Å². The van der Waals surface area contributed by atoms with Crippen LogP contribution in [0.3, 0.4) is 0 Å². The second kappa shape index (κ2) is 3.75. The lowest BCUT2D eigenvalue weighted by atomic mass is 10.1. The maximum Gasteiger partial charge on any atom is 0.203 e. The molecule has 0 aromatic carbocycles. The zero-order valence-corrected chi connectivity index (χ0v) is 8.83. The van der Waals surface area contributed by atoms with Gasteiger partial charge in [-0.15, -0.1) is 10.2 Å². The molecule has 1 aliphatic rings. The van der Waals surface area contributed by atoms with Crippen LogP contribution in [0.1, 0.15) is 31.2 Å². The van der Waals surface area contributed by atoms with Crippen LogP contribution in [0.25, 0.3) is 5.65 Å². The van der Waals surface area contributed by atoms with Gasteiger partial charge in [0.15, 0.2) is 11.6 Å². The summed E-state index contributed by atoms with van der Waals surface area (Å²) in [5.41, 5.74) is 0.492. The van der Waals surface area contributed by atoms with Gasteiger partial charge in [-0.1, -0.05) is 0 Å². The molecule has 1 unspecified atom stereocenters. The molecule has 2 aromatic rings. The molecule has 1 fully saturated rings. The molecule has 0 radical (unpaired) electrons. The Labute approximate surface area is 92.7 Å². The molecule has 1 aliphatic heterocycles. The third-order valence-electron chi connectivity index (χ3n) is 2.91. The van der Waals surface area contributed by atoms with Crippen molar-refractivity contribution < 1.29 is 9.84 Å². The predicted molar refractivity (Wildman–Crippen MR) is 57.2 cm³/mol. The number of rotatable bonds is 1. The summed E-state index contributed by atoms with van der Waals surface area (Å²) in [5.74, 6) is 0.933. The Kier molecular flexibility index (Phi) is 2.25. The van der Waals surface area contributed by atoms with Gasteiger partial charge < -0.3 is 9.84 Å². The molecular weight excluding hydrogens is 206 g/mol. The van der Waals surface area contributed by atoms with Crippen LogP contribution in [0.2, 0.25) is 0 Å². The first kappa shape index (κ1) is 9.59. The molecule has 3 heterocycles. The summed E-state index contributed by atoms with van der Waals surface area (Å²) < 4.78 is 7.46. The number of ether oxygens (including phenoxy) is 1. The summed E-state index contributed by atoms with van der Waals surface area (Å²) >= 11 is 0. The second-order valence-corrected chi connectivity index (χ2v) is 4.00. The van der Waals surface area contributed by atoms with Crippen LogP contribution in [0.15, 0.2) is 18.3 Å². The molecule has 2 aromatic heterocycles. The topological polar surface area (TPSA) is 59.7 Å². The summed E-state index contributed by atoms with van der Waals surface area (Å²) in [7, 11) is 0. The summed E-state index contributed by atoms with van der Waals surface area (Å²) in [6, 6.07) is 3.38. The quantitative estimate of drug-likeness (QED) is 0.792. The lowest BCUT2D eigenvalue weighted by Crippen LogP contribution is -2.14. The molecule has 5 heteroatoms. The fraction of sp³-hybridized carbons (Fsp3) is 0.455. The summed E-state index contributed by atoms with van der Waals surface area (Å²) in [6.07, 6.45) is 5.08. The first-order valence-electron chi connectivity index (χ1n) is 5.50. The number of aromatic hydroxyl groups is 1. The highest BCUT2D eigenvalue weighted by Crippen LogP contribution is 2.28. The molecule has 1 N–H and O–H groups in total. The van der Waals surface area contributed by atoms with Crippen LogP contribution in [0, 0.1) is 0 Å². The maximum absolute atomic E-state index is 9.62. The van der Waals surface area contributed by atoms with E-state index in [1.54, 1.807) is 16.5 Å². The number of pyridine rings is 1. The second-order valence-electron chi connectivity index (χ2n) is 4.00. The van der Waals surface area contributed by atoms with E-state index in [9.17, 15) is 5.11 Å². The van der Waals surface area contributed by atoms with Crippen LogP contribution in [0.4, 0.5) is 0 Å². The maximum atomic E-state index is 9.62. The lowest BCUT2D eigenvalue weighted by Gasteiger charge is -2.20. The number of aromatic nitrogens is 3. The van der Waals surface area contributed by atoms with E-state index in [1.807, 2.05) is 6.20 Å². The Morgan fingerprint density at radius 2 is 2.31 bits per heavy atom. The van der Waals surface area contributed by atoms with Crippen molar-refractivity contribution in [1.82, 2.24) is 14.6 Å². The number of fused-ring (bicyclic) bond motifs is 1. The molecule has 5 nitrogen and oxygen atoms in total. The SMILES string of the molecule is Oc1cccn2c(C3CCCCO3)nnc12. The lowest BCUT2D eigenvalue weighted by molar-refractivity contribution is 0.00885. The molecule has 0 aliphatic carbocycles. The Morgan fingerprint density at radius 1 is 1.38 bits per heavy atom. The van der Waals surface area contributed by atoms with Crippen LogP contribution in [0.5, 0.6) is 5.75 Å². The van der Waals surface area contributed by atoms with Gasteiger partial charge in [-0.3, -0.25) is 4.40 Å². The van der Waals surface area contributed by atoms with Gasteiger partial charge in [0.25, 0.3) is 0 Å². The molecule has 1 saturated heterocycles. The van der Waals surface area contributed by atoms with E-state index in [0.717, 1.165) is 31.7 Å². The van der Waals surface area contributed by atoms with Crippen molar-refractivity contribution in [2.24, 2.45) is 0 Å². The van der Waals surface area contributed by atoms with Crippen molar-refractivity contribution in [3.8, 4) is 5.75 Å². The highest BCUT2D eigenvalue weighted by molar-refractivity contribution is 5.52. The zero-order chi connectivity index (χ0) is 11.0. The van der Waals surface area contributed by atoms with Crippen molar-refractivity contribution in [1.29, 1.82) is 0 Å². The van der Waals surface area contributed by atoms with Gasteiger partial charge in [0.2, 0.25) is 5.65 Å². The van der Waals surface area contributed by atoms with Gasteiger partial charge in [0.05, 0.1) is 0 Å². The van der Waals surface area contributed by atoms with E-state index in [4.69, 9.17) is 4.74 Å². The van der Waals surface area contributed by atoms with Gasteiger partial charge in [-0.25, -0.2) is 0 Å². The molecule has 0 amide bonds. The van der Waals surface area contributed by atoms with Crippen LogP contribution < -0.4 is 0 Å². The summed E-state index contributed by atoms with van der Waals surface area (Å²) in [4.78, 5) is 0. The van der Waals surface area contributed by atoms with E-state index in [0.29, 0.717) is 5.65 Å². The van der Waals surface area contributed by atoms with E-state index < -0.39 is 0 Å². The fourth-order valence-corrected chi connectivity index (χ4v) is 2.08. The standard InChI is InChI=1S/C11H13N3O2/c15-8-4-3-6-14-10(8)12-13-11(14)9-5-1-2-7-16-9/h3-4,6,9,15H,1-2,5,7H2. The van der Waals surface area contributed by atoms with Crippen molar-refractivity contribution in [3.63, 3.8) is 0 Å². The normalized spacial score (nSPS) is 21.4. The summed E-state index contributed by atoms with van der Waals surface area (Å²) in [5, 5.41) is 17.7. The van der Waals surface area contributed by atoms with Gasteiger partial charge in [0.1, 0.15) is 6.10 Å². The average Bonchev–Trinajstić information content (AvgIpc) is 2.75. The van der Waals surface area contributed by atoms with Crippen LogP contribution in [-0.2, 0) is 4.74 Å². The molecule has 1 atom stereocenters. The molecular formula is C11H13N3O2. The molecule has 16 heavy (non-hydrogen) atoms. The Bertz CT molecular complexity index is 503. The van der Waals surface area contributed by atoms with Crippen molar-refractivity contribution in [2.45, 2.75) is 25.4 Å². The minimum atomic E-state index is 0.00514. The van der Waals surface area contributed by atoms with Gasteiger partial charge in [-0.05, 0) is 31.4 Å². The van der Waals surface area contributed by atoms with Crippen molar-refractivity contribution >= 4 is 5.65 Å². The molecule has 3 rings (SSSR count). The first-order valence-corrected chi connectivity index (χ1v) is 5.50. The van der Waals surface area contributed by atoms with Crippen molar-refractivity contribution in [3.05, 3.63) is 24.2 Å². The van der Waals surface area contributed by atoms with Crippen LogP contribution >= 0.6 is 0 Å². The number of nitrogens with zero attached hydrogens (tertiary/aromatic N) is 3.